The van der Waals surface area contributed by atoms with Crippen molar-refractivity contribution in [1.82, 2.24) is 0 Å². The summed E-state index contributed by atoms with van der Waals surface area (Å²) in [5.41, 5.74) is 1.40. The molecule has 6 nitrogen and oxygen atoms in total. The molecule has 0 unspecified atom stereocenters. The number of halogens is 1. The zero-order valence-electron chi connectivity index (χ0n) is 12.8. The highest BCUT2D eigenvalue weighted by Gasteiger charge is 2.06. The lowest BCUT2D eigenvalue weighted by atomic mass is 10.2. The highest BCUT2D eigenvalue weighted by Crippen LogP contribution is 2.24. The SMILES string of the molecule is COc1ccc(Br)cc1/C=C/C(=O)OCc1ccc([N+](=O)[O-])cc1. The van der Waals surface area contributed by atoms with Crippen molar-refractivity contribution in [1.29, 1.82) is 0 Å². The van der Waals surface area contributed by atoms with E-state index in [0.717, 1.165) is 10.0 Å². The van der Waals surface area contributed by atoms with Crippen LogP contribution in [0.4, 0.5) is 5.69 Å². The lowest BCUT2D eigenvalue weighted by Gasteiger charge is -2.05. The minimum Gasteiger partial charge on any atom is -0.496 e. The highest BCUT2D eigenvalue weighted by atomic mass is 79.9. The molecule has 0 saturated carbocycles. The van der Waals surface area contributed by atoms with Crippen molar-refractivity contribution in [2.45, 2.75) is 6.61 Å². The van der Waals surface area contributed by atoms with Crippen molar-refractivity contribution in [3.8, 4) is 5.75 Å². The minimum atomic E-state index is -0.518. The van der Waals surface area contributed by atoms with Gasteiger partial charge in [-0.3, -0.25) is 10.1 Å². The first-order valence-electron chi connectivity index (χ1n) is 6.91. The van der Waals surface area contributed by atoms with E-state index in [4.69, 9.17) is 9.47 Å². The maximum Gasteiger partial charge on any atom is 0.331 e. The predicted octanol–water partition coefficient (Wildman–Crippen LogP) is 4.12. The van der Waals surface area contributed by atoms with Crippen LogP contribution >= 0.6 is 15.9 Å². The zero-order chi connectivity index (χ0) is 17.5. The third-order valence-electron chi connectivity index (χ3n) is 3.12. The van der Waals surface area contributed by atoms with Gasteiger partial charge in [0.15, 0.2) is 0 Å². The molecule has 0 N–H and O–H groups in total. The number of rotatable bonds is 6. The van der Waals surface area contributed by atoms with Crippen LogP contribution in [0.3, 0.4) is 0 Å². The molecular formula is C17H14BrNO5. The standard InChI is InChI=1S/C17H14BrNO5/c1-23-16-8-5-14(18)10-13(16)4-9-17(20)24-11-12-2-6-15(7-3-12)19(21)22/h2-10H,11H2,1H3/b9-4+. The Bertz CT molecular complexity index is 771. The third kappa shape index (κ3) is 4.92. The second-order valence-electron chi connectivity index (χ2n) is 4.75. The van der Waals surface area contributed by atoms with Crippen molar-refractivity contribution >= 4 is 33.7 Å². The van der Waals surface area contributed by atoms with E-state index >= 15 is 0 Å². The van der Waals surface area contributed by atoms with Gasteiger partial charge in [-0.05, 0) is 42.0 Å². The summed E-state index contributed by atoms with van der Waals surface area (Å²) in [6.45, 7) is 0.0385. The van der Waals surface area contributed by atoms with Crippen LogP contribution in [-0.4, -0.2) is 18.0 Å². The van der Waals surface area contributed by atoms with E-state index in [-0.39, 0.29) is 12.3 Å². The van der Waals surface area contributed by atoms with Gasteiger partial charge in [0.1, 0.15) is 12.4 Å². The van der Waals surface area contributed by atoms with Gasteiger partial charge in [-0.25, -0.2) is 4.79 Å². The number of hydrogen-bond acceptors (Lipinski definition) is 5. The molecule has 0 aliphatic carbocycles. The van der Waals surface area contributed by atoms with Crippen LogP contribution < -0.4 is 4.74 Å². The van der Waals surface area contributed by atoms with E-state index in [1.165, 1.54) is 18.2 Å². The van der Waals surface area contributed by atoms with Gasteiger partial charge in [0.05, 0.1) is 12.0 Å². The van der Waals surface area contributed by atoms with E-state index < -0.39 is 10.9 Å². The molecule has 2 aromatic carbocycles. The molecule has 0 radical (unpaired) electrons. The number of carbonyl (C=O) groups is 1. The average Bonchev–Trinajstić information content (AvgIpc) is 2.58. The second kappa shape index (κ2) is 8.26. The summed E-state index contributed by atoms with van der Waals surface area (Å²) in [5.74, 6) is 0.119. The van der Waals surface area contributed by atoms with Gasteiger partial charge in [-0.1, -0.05) is 15.9 Å². The van der Waals surface area contributed by atoms with Crippen molar-refractivity contribution in [3.63, 3.8) is 0 Å². The molecule has 0 fully saturated rings. The van der Waals surface area contributed by atoms with Crippen molar-refractivity contribution < 1.29 is 19.2 Å². The van der Waals surface area contributed by atoms with Crippen LogP contribution in [-0.2, 0) is 16.1 Å². The lowest BCUT2D eigenvalue weighted by molar-refractivity contribution is -0.384. The Morgan fingerprint density at radius 1 is 1.25 bits per heavy atom. The van der Waals surface area contributed by atoms with Gasteiger partial charge in [-0.15, -0.1) is 0 Å². The first kappa shape index (κ1) is 17.7. The maximum atomic E-state index is 11.8. The summed E-state index contributed by atoms with van der Waals surface area (Å²) in [4.78, 5) is 21.9. The molecule has 2 aromatic rings. The summed E-state index contributed by atoms with van der Waals surface area (Å²) in [5, 5.41) is 10.6. The molecule has 0 bridgehead atoms. The number of nitro groups is 1. The van der Waals surface area contributed by atoms with E-state index in [1.807, 2.05) is 12.1 Å². The molecule has 0 aliphatic rings. The van der Waals surface area contributed by atoms with Crippen molar-refractivity contribution in [2.75, 3.05) is 7.11 Å². The van der Waals surface area contributed by atoms with Gasteiger partial charge < -0.3 is 9.47 Å². The predicted molar refractivity (Wildman–Crippen MR) is 92.6 cm³/mol. The normalized spacial score (nSPS) is 10.6. The van der Waals surface area contributed by atoms with Gasteiger partial charge in [0, 0.05) is 28.2 Å². The van der Waals surface area contributed by atoms with Crippen LogP contribution in [0.25, 0.3) is 6.08 Å². The molecule has 0 amide bonds. The molecule has 7 heteroatoms. The molecule has 0 spiro atoms. The number of ether oxygens (including phenoxy) is 2. The Morgan fingerprint density at radius 2 is 1.96 bits per heavy atom. The Morgan fingerprint density at radius 3 is 2.58 bits per heavy atom. The average molecular weight is 392 g/mol. The monoisotopic (exact) mass is 391 g/mol. The lowest BCUT2D eigenvalue weighted by Crippen LogP contribution is -2.01. The molecule has 0 aliphatic heterocycles. The van der Waals surface area contributed by atoms with Crippen LogP contribution in [0.2, 0.25) is 0 Å². The minimum absolute atomic E-state index is 0.00766. The summed E-state index contributed by atoms with van der Waals surface area (Å²) >= 11 is 3.36. The number of nitro benzene ring substituents is 1. The largest absolute Gasteiger partial charge is 0.496 e. The number of nitrogens with zero attached hydrogens (tertiary/aromatic N) is 1. The number of carbonyl (C=O) groups excluding carboxylic acids is 1. The summed E-state index contributed by atoms with van der Waals surface area (Å²) in [7, 11) is 1.55. The van der Waals surface area contributed by atoms with Gasteiger partial charge in [0.2, 0.25) is 0 Å². The van der Waals surface area contributed by atoms with Crippen LogP contribution in [0.1, 0.15) is 11.1 Å². The smallest absolute Gasteiger partial charge is 0.331 e. The number of methoxy groups -OCH3 is 1. The van der Waals surface area contributed by atoms with Crippen LogP contribution in [0.5, 0.6) is 5.75 Å². The fraction of sp³-hybridized carbons (Fsp3) is 0.118. The first-order chi connectivity index (χ1) is 11.5. The van der Waals surface area contributed by atoms with Gasteiger partial charge in [-0.2, -0.15) is 0 Å². The summed E-state index contributed by atoms with van der Waals surface area (Å²) in [6.07, 6.45) is 2.90. The Hall–Kier alpha value is -2.67. The zero-order valence-corrected chi connectivity index (χ0v) is 14.4. The molecule has 0 heterocycles. The molecule has 24 heavy (non-hydrogen) atoms. The number of non-ortho nitro benzene ring substituents is 1. The van der Waals surface area contributed by atoms with E-state index in [1.54, 1.807) is 31.4 Å². The summed E-state index contributed by atoms with van der Waals surface area (Å²) < 4.78 is 11.2. The highest BCUT2D eigenvalue weighted by molar-refractivity contribution is 9.10. The Balaban J connectivity index is 1.96. The first-order valence-corrected chi connectivity index (χ1v) is 7.70. The quantitative estimate of drug-likeness (QED) is 0.320. The van der Waals surface area contributed by atoms with Crippen LogP contribution in [0.15, 0.2) is 53.0 Å². The van der Waals surface area contributed by atoms with E-state index in [9.17, 15) is 14.9 Å². The van der Waals surface area contributed by atoms with Crippen molar-refractivity contribution in [2.24, 2.45) is 0 Å². The second-order valence-corrected chi connectivity index (χ2v) is 5.67. The molecule has 0 aromatic heterocycles. The molecular weight excluding hydrogens is 378 g/mol. The topological polar surface area (TPSA) is 78.7 Å². The van der Waals surface area contributed by atoms with Crippen molar-refractivity contribution in [3.05, 3.63) is 74.3 Å². The fourth-order valence-electron chi connectivity index (χ4n) is 1.91. The molecule has 124 valence electrons. The Kier molecular flexibility index (Phi) is 6.08. The van der Waals surface area contributed by atoms with Crippen LogP contribution in [0, 0.1) is 10.1 Å². The molecule has 0 saturated heterocycles. The fourth-order valence-corrected chi connectivity index (χ4v) is 2.29. The van der Waals surface area contributed by atoms with E-state index in [2.05, 4.69) is 15.9 Å². The molecule has 0 atom stereocenters. The third-order valence-corrected chi connectivity index (χ3v) is 3.61. The van der Waals surface area contributed by atoms with Gasteiger partial charge in [0.25, 0.3) is 5.69 Å². The summed E-state index contributed by atoms with van der Waals surface area (Å²) in [6, 6.07) is 11.3. The number of benzene rings is 2. The molecule has 2 rings (SSSR count). The Labute approximate surface area is 147 Å². The maximum absolute atomic E-state index is 11.8. The van der Waals surface area contributed by atoms with E-state index in [0.29, 0.717) is 11.3 Å². The number of hydrogen-bond donors (Lipinski definition) is 0. The van der Waals surface area contributed by atoms with Gasteiger partial charge >= 0.3 is 5.97 Å². The number of esters is 1.